The molecule has 0 spiro atoms. The molecule has 0 saturated heterocycles. The summed E-state index contributed by atoms with van der Waals surface area (Å²) in [5, 5.41) is 0. The van der Waals surface area contributed by atoms with E-state index in [2.05, 4.69) is 4.40 Å². The molecule has 0 saturated carbocycles. The van der Waals surface area contributed by atoms with E-state index in [1.54, 1.807) is 9.80 Å². The predicted octanol–water partition coefficient (Wildman–Crippen LogP) is -0.104. The molecule has 0 fully saturated rings. The molecular weight excluding hydrogens is 322 g/mol. The average Bonchev–Trinajstić information content (AvgIpc) is 2.52. The highest BCUT2D eigenvalue weighted by Gasteiger charge is 2.25. The summed E-state index contributed by atoms with van der Waals surface area (Å²) < 4.78 is 31.5. The Kier molecular flexibility index (Phi) is 5.19. The summed E-state index contributed by atoms with van der Waals surface area (Å²) in [4.78, 5) is 27.0. The molecule has 0 aliphatic carbocycles. The summed E-state index contributed by atoms with van der Waals surface area (Å²) in [7, 11) is -3.43. The second-order valence-corrected chi connectivity index (χ2v) is 6.74. The molecule has 0 aromatic carbocycles. The first-order chi connectivity index (χ1) is 10.9. The molecule has 0 aromatic rings. The van der Waals surface area contributed by atoms with Crippen LogP contribution >= 0.6 is 0 Å². The van der Waals surface area contributed by atoms with Crippen LogP contribution < -0.4 is 0 Å². The van der Waals surface area contributed by atoms with E-state index >= 15 is 0 Å². The second-order valence-electron chi connectivity index (χ2n) is 4.99. The molecule has 1 amide bonds. The number of likely N-dealkylation sites (N-methyl/N-ethyl adjacent to an activating group) is 1. The first-order valence-corrected chi connectivity index (χ1v) is 8.91. The quantitative estimate of drug-likeness (QED) is 0.648. The van der Waals surface area contributed by atoms with Crippen LogP contribution in [-0.2, 0) is 24.3 Å². The van der Waals surface area contributed by atoms with Crippen molar-refractivity contribution in [2.45, 2.75) is 13.8 Å². The molecule has 0 N–H and O–H groups in total. The fourth-order valence-corrected chi connectivity index (χ4v) is 3.17. The largest absolute Gasteiger partial charge is 0.452 e. The van der Waals surface area contributed by atoms with Crippen LogP contribution in [0.1, 0.15) is 13.8 Å². The number of amides is 1. The predicted molar refractivity (Wildman–Crippen MR) is 84.0 cm³/mol. The number of nitrogens with zero attached hydrogens (tertiary/aromatic N) is 3. The van der Waals surface area contributed by atoms with Crippen LogP contribution in [0.4, 0.5) is 0 Å². The van der Waals surface area contributed by atoms with Crippen LogP contribution in [0.25, 0.3) is 0 Å². The van der Waals surface area contributed by atoms with Gasteiger partial charge in [0.15, 0.2) is 6.61 Å². The minimum absolute atomic E-state index is 0.108. The topological polar surface area (TPSA) is 96.4 Å². The Hall–Kier alpha value is -2.16. The van der Waals surface area contributed by atoms with Gasteiger partial charge in [0, 0.05) is 25.8 Å². The third kappa shape index (κ3) is 4.19. The Balaban J connectivity index is 1.99. The lowest BCUT2D eigenvalue weighted by Crippen LogP contribution is -2.37. The molecule has 2 rings (SSSR count). The van der Waals surface area contributed by atoms with Crippen molar-refractivity contribution in [2.24, 2.45) is 4.40 Å². The molecule has 0 aromatic heterocycles. The van der Waals surface area contributed by atoms with Crippen LogP contribution in [0.3, 0.4) is 0 Å². The molecular formula is C14H19N3O5S. The molecule has 2 aliphatic heterocycles. The van der Waals surface area contributed by atoms with E-state index in [9.17, 15) is 18.0 Å². The molecule has 2 heterocycles. The minimum atomic E-state index is -3.43. The Morgan fingerprint density at radius 2 is 2.00 bits per heavy atom. The third-order valence-corrected chi connectivity index (χ3v) is 4.67. The van der Waals surface area contributed by atoms with Crippen LogP contribution in [-0.4, -0.2) is 67.9 Å². The molecule has 8 nitrogen and oxygen atoms in total. The molecule has 0 bridgehead atoms. The first-order valence-electron chi connectivity index (χ1n) is 7.30. The maximum Gasteiger partial charge on any atom is 0.340 e. The maximum atomic E-state index is 12.0. The van der Waals surface area contributed by atoms with E-state index < -0.39 is 16.0 Å². The van der Waals surface area contributed by atoms with Crippen molar-refractivity contribution in [3.8, 4) is 0 Å². The maximum absolute atomic E-state index is 12.0. The Morgan fingerprint density at radius 3 is 2.65 bits per heavy atom. The van der Waals surface area contributed by atoms with Crippen LogP contribution in [0.5, 0.6) is 0 Å². The van der Waals surface area contributed by atoms with Crippen LogP contribution in [0.2, 0.25) is 0 Å². The second kappa shape index (κ2) is 6.95. The smallest absolute Gasteiger partial charge is 0.340 e. The van der Waals surface area contributed by atoms with Crippen molar-refractivity contribution in [3.05, 3.63) is 23.9 Å². The van der Waals surface area contributed by atoms with Gasteiger partial charge in [-0.3, -0.25) is 4.79 Å². The lowest BCUT2D eigenvalue weighted by Gasteiger charge is -2.26. The van der Waals surface area contributed by atoms with Crippen molar-refractivity contribution in [1.82, 2.24) is 9.80 Å². The van der Waals surface area contributed by atoms with Gasteiger partial charge in [-0.2, -0.15) is 0 Å². The molecule has 0 unspecified atom stereocenters. The fraction of sp³-hybridized carbons (Fsp3) is 0.500. The third-order valence-electron chi connectivity index (χ3n) is 3.50. The molecule has 0 atom stereocenters. The number of hydrogen-bond donors (Lipinski definition) is 0. The van der Waals surface area contributed by atoms with E-state index in [4.69, 9.17) is 4.74 Å². The molecule has 23 heavy (non-hydrogen) atoms. The number of amidine groups is 1. The number of hydrogen-bond acceptors (Lipinski definition) is 6. The standard InChI is InChI=1S/C14H19N3O5S/c1-3-16(4-2)13(18)10-22-14(19)11-5-6-12-15-23(20,21)8-7-17(12)9-11/h5-6,9H,3-4,7-8,10H2,1-2H3. The average molecular weight is 341 g/mol. The number of esters is 1. The van der Waals surface area contributed by atoms with E-state index in [1.807, 2.05) is 13.8 Å². The van der Waals surface area contributed by atoms with Gasteiger partial charge in [0.25, 0.3) is 15.9 Å². The van der Waals surface area contributed by atoms with Crippen molar-refractivity contribution >= 4 is 27.7 Å². The number of sulfonamides is 1. The highest BCUT2D eigenvalue weighted by atomic mass is 32.2. The Labute approximate surface area is 135 Å². The van der Waals surface area contributed by atoms with Crippen LogP contribution in [0, 0.1) is 0 Å². The summed E-state index contributed by atoms with van der Waals surface area (Å²) in [5.41, 5.74) is 0.246. The monoisotopic (exact) mass is 341 g/mol. The van der Waals surface area contributed by atoms with Gasteiger partial charge in [-0.05, 0) is 26.0 Å². The van der Waals surface area contributed by atoms with Gasteiger partial charge in [0.1, 0.15) is 5.84 Å². The summed E-state index contributed by atoms with van der Waals surface area (Å²) in [6, 6.07) is 0. The van der Waals surface area contributed by atoms with Crippen molar-refractivity contribution in [3.63, 3.8) is 0 Å². The Morgan fingerprint density at radius 1 is 1.30 bits per heavy atom. The van der Waals surface area contributed by atoms with Gasteiger partial charge < -0.3 is 14.5 Å². The van der Waals surface area contributed by atoms with Gasteiger partial charge in [-0.15, -0.1) is 4.40 Å². The molecule has 2 aliphatic rings. The van der Waals surface area contributed by atoms with Crippen LogP contribution in [0.15, 0.2) is 28.3 Å². The summed E-state index contributed by atoms with van der Waals surface area (Å²) in [6.07, 6.45) is 4.36. The first kappa shape index (κ1) is 17.2. The van der Waals surface area contributed by atoms with E-state index in [-0.39, 0.29) is 36.2 Å². The van der Waals surface area contributed by atoms with Gasteiger partial charge >= 0.3 is 5.97 Å². The van der Waals surface area contributed by atoms with Gasteiger partial charge in [0.05, 0.1) is 11.3 Å². The van der Waals surface area contributed by atoms with Gasteiger partial charge in [0.2, 0.25) is 0 Å². The number of rotatable bonds is 5. The fourth-order valence-electron chi connectivity index (χ4n) is 2.20. The van der Waals surface area contributed by atoms with Gasteiger partial charge in [-0.1, -0.05) is 0 Å². The van der Waals surface area contributed by atoms with Gasteiger partial charge in [-0.25, -0.2) is 13.2 Å². The summed E-state index contributed by atoms with van der Waals surface area (Å²) >= 11 is 0. The van der Waals surface area contributed by atoms with Crippen molar-refractivity contribution < 1.29 is 22.7 Å². The Bertz CT molecular complexity index is 689. The minimum Gasteiger partial charge on any atom is -0.452 e. The number of ether oxygens (including phenoxy) is 1. The SMILES string of the molecule is CCN(CC)C(=O)COC(=O)C1=CN2CCS(=O)(=O)N=C2C=C1. The van der Waals surface area contributed by atoms with E-state index in [1.165, 1.54) is 18.4 Å². The van der Waals surface area contributed by atoms with E-state index in [0.29, 0.717) is 13.1 Å². The highest BCUT2D eigenvalue weighted by molar-refractivity contribution is 7.90. The number of carbonyl (C=O) groups is 2. The number of carbonyl (C=O) groups excluding carboxylic acids is 2. The highest BCUT2D eigenvalue weighted by Crippen LogP contribution is 2.16. The zero-order valence-corrected chi connectivity index (χ0v) is 13.9. The zero-order valence-electron chi connectivity index (χ0n) is 13.1. The normalized spacial score (nSPS) is 18.6. The van der Waals surface area contributed by atoms with E-state index in [0.717, 1.165) is 0 Å². The lowest BCUT2D eigenvalue weighted by atomic mass is 10.2. The lowest BCUT2D eigenvalue weighted by molar-refractivity contribution is -0.148. The van der Waals surface area contributed by atoms with Crippen molar-refractivity contribution in [1.29, 1.82) is 0 Å². The van der Waals surface area contributed by atoms with Crippen molar-refractivity contribution in [2.75, 3.05) is 32.0 Å². The molecule has 9 heteroatoms. The molecule has 0 radical (unpaired) electrons. The number of fused-ring (bicyclic) bond motifs is 1. The summed E-state index contributed by atoms with van der Waals surface area (Å²) in [5.74, 6) is -0.722. The zero-order chi connectivity index (χ0) is 17.0. The summed E-state index contributed by atoms with van der Waals surface area (Å²) in [6.45, 7) is 4.71. The molecule has 126 valence electrons.